The van der Waals surface area contributed by atoms with E-state index in [1.807, 2.05) is 4.90 Å². The van der Waals surface area contributed by atoms with Gasteiger partial charge < -0.3 is 15.2 Å². The quantitative estimate of drug-likeness (QED) is 0.325. The summed E-state index contributed by atoms with van der Waals surface area (Å²) >= 11 is 0. The second-order valence-corrected chi connectivity index (χ2v) is 12.6. The van der Waals surface area contributed by atoms with Crippen molar-refractivity contribution in [1.29, 1.82) is 0 Å². The van der Waals surface area contributed by atoms with Gasteiger partial charge in [-0.15, -0.1) is 0 Å². The second-order valence-electron chi connectivity index (χ2n) is 10.3. The van der Waals surface area contributed by atoms with Crippen molar-refractivity contribution in [1.82, 2.24) is 14.1 Å². The zero-order valence-corrected chi connectivity index (χ0v) is 21.3. The van der Waals surface area contributed by atoms with E-state index in [0.717, 1.165) is 4.09 Å². The van der Waals surface area contributed by atoms with Gasteiger partial charge in [-0.3, -0.25) is 4.90 Å². The minimum absolute atomic E-state index is 0.0977. The number of nitrogens with two attached hydrogens (primary N) is 1. The van der Waals surface area contributed by atoms with Crippen molar-refractivity contribution in [2.45, 2.75) is 74.5 Å². The summed E-state index contributed by atoms with van der Waals surface area (Å²) in [6, 6.07) is -1.80. The Balaban J connectivity index is 1.41. The fourth-order valence-electron chi connectivity index (χ4n) is 4.97. The highest BCUT2D eigenvalue weighted by atomic mass is 32.2. The molecule has 3 aliphatic rings. The van der Waals surface area contributed by atoms with E-state index in [-0.39, 0.29) is 44.7 Å². The SMILES string of the molecule is CC1(S(=O)(=O)n2cc3c(n2)CN([C@H]2CCO[C@@](OC(=O)C(F)(F)F)(c4cc(F)c(F)cc4F)[C@@H](N)C2)C3)CC1. The van der Waals surface area contributed by atoms with Crippen LogP contribution in [0.15, 0.2) is 18.3 Å². The number of hydrogen-bond donors (Lipinski definition) is 1. The first-order valence-electron chi connectivity index (χ1n) is 12.0. The highest BCUT2D eigenvalue weighted by molar-refractivity contribution is 7.91. The first-order chi connectivity index (χ1) is 18.1. The van der Waals surface area contributed by atoms with Crippen LogP contribution in [0.5, 0.6) is 0 Å². The largest absolute Gasteiger partial charge is 0.491 e. The Labute approximate surface area is 218 Å². The van der Waals surface area contributed by atoms with Gasteiger partial charge in [0, 0.05) is 37.0 Å². The van der Waals surface area contributed by atoms with Gasteiger partial charge in [-0.1, -0.05) is 0 Å². The predicted octanol–water partition coefficient (Wildman–Crippen LogP) is 2.81. The van der Waals surface area contributed by atoms with Crippen molar-refractivity contribution < 1.29 is 49.0 Å². The first-order valence-corrected chi connectivity index (χ1v) is 13.4. The standard InChI is InChI=1S/C23H24F6N4O5S/c1-21(3-4-21)39(35,36)33-10-12-9-32(11-18(12)31-33)13-2-5-37-22(19(30)6-13,38-20(34)23(27,28)29)14-7-16(25)17(26)8-15(14)24/h7-8,10,13,19H,2-6,9,11,30H2,1H3/t13-,19-,22+/m0/s1. The van der Waals surface area contributed by atoms with E-state index in [1.54, 1.807) is 6.92 Å². The van der Waals surface area contributed by atoms with Crippen LogP contribution in [0.3, 0.4) is 0 Å². The average molecular weight is 583 g/mol. The van der Waals surface area contributed by atoms with Crippen molar-refractivity contribution in [3.05, 3.63) is 52.6 Å². The number of nitrogens with zero attached hydrogens (tertiary/aromatic N) is 3. The third-order valence-corrected chi connectivity index (χ3v) is 9.90. The number of halogens is 6. The molecule has 2 aliphatic heterocycles. The number of benzene rings is 1. The maximum atomic E-state index is 14.8. The zero-order valence-electron chi connectivity index (χ0n) is 20.5. The molecule has 2 N–H and O–H groups in total. The smallest absolute Gasteiger partial charge is 0.420 e. The van der Waals surface area contributed by atoms with E-state index in [9.17, 15) is 39.6 Å². The third kappa shape index (κ3) is 4.70. The lowest BCUT2D eigenvalue weighted by Crippen LogP contribution is -2.53. The Hall–Kier alpha value is -2.69. The van der Waals surface area contributed by atoms with Gasteiger partial charge in [0.05, 0.1) is 28.7 Å². The normalized spacial score (nSPS) is 27.2. The van der Waals surface area contributed by atoms with Gasteiger partial charge in [-0.25, -0.2) is 26.4 Å². The first kappa shape index (κ1) is 27.9. The number of fused-ring (bicyclic) bond motifs is 1. The molecule has 3 atom stereocenters. The van der Waals surface area contributed by atoms with Gasteiger partial charge in [0.25, 0.3) is 15.8 Å². The summed E-state index contributed by atoms with van der Waals surface area (Å²) in [5, 5.41) is 4.23. The number of alkyl halides is 3. The van der Waals surface area contributed by atoms with Crippen LogP contribution in [0.25, 0.3) is 0 Å². The minimum Gasteiger partial charge on any atom is -0.420 e. The summed E-state index contributed by atoms with van der Waals surface area (Å²) in [5.41, 5.74) is 6.31. The second kappa shape index (κ2) is 9.17. The van der Waals surface area contributed by atoms with Crippen molar-refractivity contribution in [3.8, 4) is 0 Å². The summed E-state index contributed by atoms with van der Waals surface area (Å²) in [7, 11) is -3.67. The molecular weight excluding hydrogens is 558 g/mol. The van der Waals surface area contributed by atoms with Crippen molar-refractivity contribution in [3.63, 3.8) is 0 Å². The van der Waals surface area contributed by atoms with Crippen molar-refractivity contribution in [2.24, 2.45) is 5.73 Å². The van der Waals surface area contributed by atoms with Gasteiger partial charge in [0.2, 0.25) is 0 Å². The Morgan fingerprint density at radius 2 is 1.82 bits per heavy atom. The molecule has 39 heavy (non-hydrogen) atoms. The number of carbonyl (C=O) groups excluding carboxylic acids is 1. The van der Waals surface area contributed by atoms with E-state index in [0.29, 0.717) is 24.1 Å². The van der Waals surface area contributed by atoms with Crippen LogP contribution in [0.4, 0.5) is 26.3 Å². The van der Waals surface area contributed by atoms with Crippen molar-refractivity contribution in [2.75, 3.05) is 6.61 Å². The van der Waals surface area contributed by atoms with Gasteiger partial charge in [0.15, 0.2) is 11.6 Å². The molecule has 2 aromatic rings. The highest BCUT2D eigenvalue weighted by Crippen LogP contribution is 2.44. The summed E-state index contributed by atoms with van der Waals surface area (Å²) in [6.07, 6.45) is -3.10. The molecule has 1 aromatic heterocycles. The van der Waals surface area contributed by atoms with Crippen LogP contribution in [0.1, 0.15) is 49.4 Å². The molecular formula is C23H24F6N4O5S. The highest BCUT2D eigenvalue weighted by Gasteiger charge is 2.55. The molecule has 1 aliphatic carbocycles. The van der Waals surface area contributed by atoms with Crippen LogP contribution < -0.4 is 5.73 Å². The van der Waals surface area contributed by atoms with E-state index in [2.05, 4.69) is 9.84 Å². The Morgan fingerprint density at radius 3 is 2.44 bits per heavy atom. The van der Waals surface area contributed by atoms with Gasteiger partial charge in [-0.05, 0) is 38.7 Å². The molecule has 0 unspecified atom stereocenters. The van der Waals surface area contributed by atoms with Crippen LogP contribution in [-0.4, -0.2) is 58.1 Å². The molecule has 9 nitrogen and oxygen atoms in total. The Kier molecular flexibility index (Phi) is 6.55. The summed E-state index contributed by atoms with van der Waals surface area (Å²) in [5.74, 6) is -10.4. The molecule has 1 saturated heterocycles. The number of aromatic nitrogens is 2. The molecule has 16 heteroatoms. The molecule has 214 valence electrons. The predicted molar refractivity (Wildman–Crippen MR) is 121 cm³/mol. The number of carbonyl (C=O) groups is 1. The molecule has 2 fully saturated rings. The Bertz CT molecular complexity index is 1400. The van der Waals surface area contributed by atoms with Crippen molar-refractivity contribution >= 4 is 16.0 Å². The number of hydrogen-bond acceptors (Lipinski definition) is 8. The molecule has 0 spiro atoms. The number of ether oxygens (including phenoxy) is 2. The van der Waals surface area contributed by atoms with E-state index < -0.39 is 67.8 Å². The Morgan fingerprint density at radius 1 is 1.15 bits per heavy atom. The number of rotatable bonds is 5. The zero-order chi connectivity index (χ0) is 28.5. The maximum absolute atomic E-state index is 14.8. The maximum Gasteiger partial charge on any atom is 0.491 e. The molecule has 0 radical (unpaired) electrons. The minimum atomic E-state index is -5.52. The molecule has 0 amide bonds. The van der Waals surface area contributed by atoms with E-state index in [4.69, 9.17) is 10.5 Å². The number of esters is 1. The summed E-state index contributed by atoms with van der Waals surface area (Å²) < 4.78 is 118. The lowest BCUT2D eigenvalue weighted by molar-refractivity contribution is -0.273. The molecule has 1 aromatic carbocycles. The lowest BCUT2D eigenvalue weighted by atomic mass is 9.92. The third-order valence-electron chi connectivity index (χ3n) is 7.56. The van der Waals surface area contributed by atoms with Crippen LogP contribution in [0, 0.1) is 17.5 Å². The average Bonchev–Trinajstić information content (AvgIpc) is 3.34. The van der Waals surface area contributed by atoms with Gasteiger partial charge in [-0.2, -0.15) is 22.4 Å². The topological polar surface area (TPSA) is 117 Å². The van der Waals surface area contributed by atoms with E-state index >= 15 is 0 Å². The van der Waals surface area contributed by atoms with Gasteiger partial charge >= 0.3 is 12.1 Å². The summed E-state index contributed by atoms with van der Waals surface area (Å²) in [4.78, 5) is 13.7. The molecule has 0 bridgehead atoms. The van der Waals surface area contributed by atoms with Crippen LogP contribution in [-0.2, 0) is 43.2 Å². The van der Waals surface area contributed by atoms with E-state index in [1.165, 1.54) is 6.20 Å². The van der Waals surface area contributed by atoms with Gasteiger partial charge in [0.1, 0.15) is 5.82 Å². The van der Waals surface area contributed by atoms with Crippen LogP contribution >= 0.6 is 0 Å². The lowest BCUT2D eigenvalue weighted by Gasteiger charge is -2.37. The van der Waals surface area contributed by atoms with Crippen LogP contribution in [0.2, 0.25) is 0 Å². The monoisotopic (exact) mass is 582 g/mol. The fraction of sp³-hybridized carbons (Fsp3) is 0.565. The molecule has 3 heterocycles. The summed E-state index contributed by atoms with van der Waals surface area (Å²) in [6.45, 7) is 1.67. The molecule has 5 rings (SSSR count). The fourth-order valence-corrected chi connectivity index (χ4v) is 6.51. The molecule has 1 saturated carbocycles.